The van der Waals surface area contributed by atoms with Gasteiger partial charge in [-0.1, -0.05) is 27.7 Å². The Morgan fingerprint density at radius 1 is 1.19 bits per heavy atom. The van der Waals surface area contributed by atoms with Crippen LogP contribution >= 0.6 is 0 Å². The number of hydrogen-bond acceptors (Lipinski definition) is 2. The van der Waals surface area contributed by atoms with Crippen LogP contribution in [-0.4, -0.2) is 35.2 Å². The van der Waals surface area contributed by atoms with Gasteiger partial charge in [0.15, 0.2) is 0 Å². The predicted molar refractivity (Wildman–Crippen MR) is 69.5 cm³/mol. The number of rotatable bonds is 4. The number of β-amino-alcohol motifs (C(OH)–C–C–N with tert-alkyl or cyclic N) is 1. The van der Waals surface area contributed by atoms with E-state index in [4.69, 9.17) is 0 Å². The molecule has 2 nitrogen and oxygen atoms in total. The molecule has 1 aliphatic heterocycles. The first-order chi connectivity index (χ1) is 7.33. The standard InChI is InChI=1S/C14H29NO/c1-11(2)13-6-8-15(9-7-13)10-14(5,16)12(3)4/h11-13,16H,6-10H2,1-5H3. The summed E-state index contributed by atoms with van der Waals surface area (Å²) in [7, 11) is 0. The lowest BCUT2D eigenvalue weighted by atomic mass is 9.85. The van der Waals surface area contributed by atoms with Gasteiger partial charge in [0, 0.05) is 6.54 Å². The first kappa shape index (κ1) is 14.0. The molecule has 96 valence electrons. The van der Waals surface area contributed by atoms with Gasteiger partial charge in [0.2, 0.25) is 0 Å². The van der Waals surface area contributed by atoms with E-state index in [0.717, 1.165) is 31.5 Å². The zero-order valence-electron chi connectivity index (χ0n) is 11.7. The van der Waals surface area contributed by atoms with Crippen LogP contribution in [0.1, 0.15) is 47.5 Å². The number of likely N-dealkylation sites (tertiary alicyclic amines) is 1. The molecule has 0 radical (unpaired) electrons. The fourth-order valence-corrected chi connectivity index (χ4v) is 2.41. The molecule has 16 heavy (non-hydrogen) atoms. The van der Waals surface area contributed by atoms with E-state index < -0.39 is 5.60 Å². The highest BCUT2D eigenvalue weighted by Crippen LogP contribution is 2.26. The van der Waals surface area contributed by atoms with Crippen molar-refractivity contribution in [1.82, 2.24) is 4.90 Å². The van der Waals surface area contributed by atoms with Crippen molar-refractivity contribution >= 4 is 0 Å². The number of nitrogens with zero attached hydrogens (tertiary/aromatic N) is 1. The van der Waals surface area contributed by atoms with Crippen LogP contribution in [0.3, 0.4) is 0 Å². The Labute approximate surface area is 101 Å². The Hall–Kier alpha value is -0.0800. The SMILES string of the molecule is CC(C)C1CCN(CC(C)(O)C(C)C)CC1. The van der Waals surface area contributed by atoms with Crippen LogP contribution in [0, 0.1) is 17.8 Å². The fraction of sp³-hybridized carbons (Fsp3) is 1.00. The molecule has 1 heterocycles. The molecule has 1 fully saturated rings. The van der Waals surface area contributed by atoms with E-state index in [1.165, 1.54) is 12.8 Å². The maximum Gasteiger partial charge on any atom is 0.0768 e. The second kappa shape index (κ2) is 5.50. The third kappa shape index (κ3) is 3.74. The molecule has 1 unspecified atom stereocenters. The van der Waals surface area contributed by atoms with Gasteiger partial charge in [-0.3, -0.25) is 0 Å². The molecule has 1 saturated heterocycles. The van der Waals surface area contributed by atoms with Crippen molar-refractivity contribution in [2.45, 2.75) is 53.1 Å². The molecule has 1 rings (SSSR count). The summed E-state index contributed by atoms with van der Waals surface area (Å²) in [6, 6.07) is 0. The van der Waals surface area contributed by atoms with Crippen molar-refractivity contribution in [2.75, 3.05) is 19.6 Å². The minimum absolute atomic E-state index is 0.329. The molecule has 0 aromatic heterocycles. The molecule has 1 N–H and O–H groups in total. The second-order valence-electron chi connectivity index (χ2n) is 6.37. The topological polar surface area (TPSA) is 23.5 Å². The normalized spacial score (nSPS) is 24.0. The highest BCUT2D eigenvalue weighted by molar-refractivity contribution is 4.83. The van der Waals surface area contributed by atoms with Gasteiger partial charge in [-0.15, -0.1) is 0 Å². The molecule has 0 amide bonds. The fourth-order valence-electron chi connectivity index (χ4n) is 2.41. The zero-order valence-corrected chi connectivity index (χ0v) is 11.7. The summed E-state index contributed by atoms with van der Waals surface area (Å²) >= 11 is 0. The van der Waals surface area contributed by atoms with Crippen molar-refractivity contribution in [1.29, 1.82) is 0 Å². The van der Waals surface area contributed by atoms with Gasteiger partial charge in [0.1, 0.15) is 0 Å². The van der Waals surface area contributed by atoms with E-state index >= 15 is 0 Å². The van der Waals surface area contributed by atoms with Crippen LogP contribution in [0.2, 0.25) is 0 Å². The van der Waals surface area contributed by atoms with Gasteiger partial charge >= 0.3 is 0 Å². The van der Waals surface area contributed by atoms with E-state index in [9.17, 15) is 5.11 Å². The maximum atomic E-state index is 10.3. The lowest BCUT2D eigenvalue weighted by Gasteiger charge is -2.39. The van der Waals surface area contributed by atoms with E-state index in [1.807, 2.05) is 6.92 Å². The molecule has 2 heteroatoms. The van der Waals surface area contributed by atoms with Crippen molar-refractivity contribution < 1.29 is 5.11 Å². The molecule has 0 bridgehead atoms. The highest BCUT2D eigenvalue weighted by Gasteiger charge is 2.30. The van der Waals surface area contributed by atoms with Gasteiger partial charge in [0.25, 0.3) is 0 Å². The Morgan fingerprint density at radius 3 is 2.06 bits per heavy atom. The van der Waals surface area contributed by atoms with E-state index in [1.54, 1.807) is 0 Å². The summed E-state index contributed by atoms with van der Waals surface area (Å²) in [5, 5.41) is 10.3. The summed E-state index contributed by atoms with van der Waals surface area (Å²) in [6.07, 6.45) is 2.59. The van der Waals surface area contributed by atoms with Crippen LogP contribution in [-0.2, 0) is 0 Å². The summed E-state index contributed by atoms with van der Waals surface area (Å²) in [5.74, 6) is 2.03. The molecule has 0 aliphatic carbocycles. The molecule has 1 atom stereocenters. The predicted octanol–water partition coefficient (Wildman–Crippen LogP) is 2.76. The highest BCUT2D eigenvalue weighted by atomic mass is 16.3. The average molecular weight is 227 g/mol. The molecule has 0 aromatic rings. The molecule has 0 spiro atoms. The lowest BCUT2D eigenvalue weighted by Crippen LogP contribution is -2.47. The van der Waals surface area contributed by atoms with Gasteiger partial charge < -0.3 is 10.0 Å². The lowest BCUT2D eigenvalue weighted by molar-refractivity contribution is -0.0273. The van der Waals surface area contributed by atoms with E-state index in [-0.39, 0.29) is 0 Å². The largest absolute Gasteiger partial charge is 0.389 e. The number of hydrogen-bond donors (Lipinski definition) is 1. The summed E-state index contributed by atoms with van der Waals surface area (Å²) in [4.78, 5) is 2.43. The first-order valence-corrected chi connectivity index (χ1v) is 6.77. The molecule has 0 aromatic carbocycles. The van der Waals surface area contributed by atoms with Gasteiger partial charge in [-0.25, -0.2) is 0 Å². The summed E-state index contributed by atoms with van der Waals surface area (Å²) in [6.45, 7) is 14.0. The Balaban J connectivity index is 2.37. The first-order valence-electron chi connectivity index (χ1n) is 6.77. The second-order valence-corrected chi connectivity index (χ2v) is 6.37. The Kier molecular flexibility index (Phi) is 4.81. The molecular weight excluding hydrogens is 198 g/mol. The van der Waals surface area contributed by atoms with Crippen molar-refractivity contribution in [3.05, 3.63) is 0 Å². The van der Waals surface area contributed by atoms with Gasteiger partial charge in [-0.2, -0.15) is 0 Å². The van der Waals surface area contributed by atoms with Crippen molar-refractivity contribution in [2.24, 2.45) is 17.8 Å². The minimum atomic E-state index is -0.537. The van der Waals surface area contributed by atoms with Crippen LogP contribution in [0.25, 0.3) is 0 Å². The Morgan fingerprint density at radius 2 is 1.69 bits per heavy atom. The van der Waals surface area contributed by atoms with Crippen LogP contribution < -0.4 is 0 Å². The third-order valence-corrected chi connectivity index (χ3v) is 4.36. The summed E-state index contributed by atoms with van der Waals surface area (Å²) < 4.78 is 0. The van der Waals surface area contributed by atoms with Crippen LogP contribution in [0.4, 0.5) is 0 Å². The van der Waals surface area contributed by atoms with Gasteiger partial charge in [0.05, 0.1) is 5.60 Å². The molecular formula is C14H29NO. The van der Waals surface area contributed by atoms with Crippen molar-refractivity contribution in [3.63, 3.8) is 0 Å². The monoisotopic (exact) mass is 227 g/mol. The quantitative estimate of drug-likeness (QED) is 0.798. The zero-order chi connectivity index (χ0) is 12.3. The number of piperidine rings is 1. The van der Waals surface area contributed by atoms with Crippen LogP contribution in [0.15, 0.2) is 0 Å². The average Bonchev–Trinajstić information content (AvgIpc) is 2.17. The molecule has 0 saturated carbocycles. The third-order valence-electron chi connectivity index (χ3n) is 4.36. The number of aliphatic hydroxyl groups is 1. The van der Waals surface area contributed by atoms with Crippen molar-refractivity contribution in [3.8, 4) is 0 Å². The van der Waals surface area contributed by atoms with Crippen LogP contribution in [0.5, 0.6) is 0 Å². The smallest absolute Gasteiger partial charge is 0.0768 e. The Bertz CT molecular complexity index is 203. The van der Waals surface area contributed by atoms with E-state index in [2.05, 4.69) is 32.6 Å². The maximum absolute atomic E-state index is 10.3. The van der Waals surface area contributed by atoms with Gasteiger partial charge in [-0.05, 0) is 50.6 Å². The summed E-state index contributed by atoms with van der Waals surface area (Å²) in [5.41, 5.74) is -0.537. The molecule has 1 aliphatic rings. The van der Waals surface area contributed by atoms with E-state index in [0.29, 0.717) is 5.92 Å². The minimum Gasteiger partial charge on any atom is -0.389 e.